The molecule has 0 aliphatic carbocycles. The van der Waals surface area contributed by atoms with Crippen LogP contribution in [0, 0.1) is 3.57 Å². The maximum absolute atomic E-state index is 11.4. The Morgan fingerprint density at radius 1 is 1.26 bits per heavy atom. The number of carbonyl (C=O) groups is 2. The molecule has 0 saturated heterocycles. The van der Waals surface area contributed by atoms with Crippen molar-refractivity contribution in [1.29, 1.82) is 0 Å². The Morgan fingerprint density at radius 3 is 2.58 bits per heavy atom. The van der Waals surface area contributed by atoms with Crippen LogP contribution in [0.1, 0.15) is 19.8 Å². The summed E-state index contributed by atoms with van der Waals surface area (Å²) < 4.78 is 6.34. The van der Waals surface area contributed by atoms with E-state index in [2.05, 4.69) is 33.2 Å². The number of rotatable bonds is 6. The minimum absolute atomic E-state index is 0.179. The van der Waals surface area contributed by atoms with Crippen LogP contribution < -0.4 is 15.4 Å². The lowest BCUT2D eigenvalue weighted by atomic mass is 10.3. The zero-order valence-electron chi connectivity index (χ0n) is 10.7. The highest BCUT2D eigenvalue weighted by atomic mass is 127. The Morgan fingerprint density at radius 2 is 1.95 bits per heavy atom. The van der Waals surface area contributed by atoms with Crippen molar-refractivity contribution >= 4 is 34.5 Å². The zero-order valence-corrected chi connectivity index (χ0v) is 12.9. The summed E-state index contributed by atoms with van der Waals surface area (Å²) in [6.07, 6.45) is 1.88. The van der Waals surface area contributed by atoms with Crippen LogP contribution in [-0.2, 0) is 4.79 Å². The molecule has 1 aromatic carbocycles. The van der Waals surface area contributed by atoms with Gasteiger partial charge in [0.25, 0.3) is 5.91 Å². The molecule has 0 saturated carbocycles. The van der Waals surface area contributed by atoms with Gasteiger partial charge in [0.15, 0.2) is 6.61 Å². The molecule has 0 unspecified atom stereocenters. The number of hydrogen-bond donors (Lipinski definition) is 2. The van der Waals surface area contributed by atoms with Crippen molar-refractivity contribution < 1.29 is 14.3 Å². The predicted molar refractivity (Wildman–Crippen MR) is 81.1 cm³/mol. The van der Waals surface area contributed by atoms with Crippen molar-refractivity contribution in [1.82, 2.24) is 10.6 Å². The first-order chi connectivity index (χ1) is 9.11. The van der Waals surface area contributed by atoms with Crippen molar-refractivity contribution in [3.05, 3.63) is 27.8 Å². The van der Waals surface area contributed by atoms with Gasteiger partial charge in [0.1, 0.15) is 5.75 Å². The molecule has 0 spiro atoms. The molecule has 6 heteroatoms. The number of nitrogens with one attached hydrogen (secondary N) is 2. The standard InChI is InChI=1S/C13H17IN2O3/c1-2-3-8-15-13(18)16-12(17)9-19-11-6-4-10(14)5-7-11/h4-7H,2-3,8-9H2,1H3,(H2,15,16,17,18). The first kappa shape index (κ1) is 15.7. The minimum Gasteiger partial charge on any atom is -0.484 e. The van der Waals surface area contributed by atoms with Crippen molar-refractivity contribution in [2.75, 3.05) is 13.2 Å². The van der Waals surface area contributed by atoms with Gasteiger partial charge in [-0.15, -0.1) is 0 Å². The van der Waals surface area contributed by atoms with Gasteiger partial charge in [0, 0.05) is 10.1 Å². The Kier molecular flexibility index (Phi) is 7.24. The number of imide groups is 1. The maximum Gasteiger partial charge on any atom is 0.321 e. The molecule has 0 aliphatic heterocycles. The summed E-state index contributed by atoms with van der Waals surface area (Å²) >= 11 is 2.18. The fraction of sp³-hybridized carbons (Fsp3) is 0.385. The summed E-state index contributed by atoms with van der Waals surface area (Å²) in [5.74, 6) is 0.134. The molecule has 1 aromatic rings. The molecule has 1 rings (SSSR count). The van der Waals surface area contributed by atoms with Gasteiger partial charge < -0.3 is 10.1 Å². The van der Waals surface area contributed by atoms with Crippen LogP contribution in [0.3, 0.4) is 0 Å². The highest BCUT2D eigenvalue weighted by molar-refractivity contribution is 14.1. The highest BCUT2D eigenvalue weighted by Gasteiger charge is 2.07. The average molecular weight is 376 g/mol. The van der Waals surface area contributed by atoms with E-state index in [1.807, 2.05) is 19.1 Å². The first-order valence-electron chi connectivity index (χ1n) is 6.08. The van der Waals surface area contributed by atoms with Crippen LogP contribution in [0.25, 0.3) is 0 Å². The van der Waals surface area contributed by atoms with Gasteiger partial charge in [-0.2, -0.15) is 0 Å². The highest BCUT2D eigenvalue weighted by Crippen LogP contribution is 2.13. The summed E-state index contributed by atoms with van der Waals surface area (Å²) in [6.45, 7) is 2.41. The summed E-state index contributed by atoms with van der Waals surface area (Å²) in [6, 6.07) is 6.83. The number of benzene rings is 1. The molecule has 5 nitrogen and oxygen atoms in total. The number of ether oxygens (including phenoxy) is 1. The van der Waals surface area contributed by atoms with Crippen molar-refractivity contribution in [3.8, 4) is 5.75 Å². The van der Waals surface area contributed by atoms with E-state index in [1.165, 1.54) is 0 Å². The SMILES string of the molecule is CCCCNC(=O)NC(=O)COc1ccc(I)cc1. The summed E-state index contributed by atoms with van der Waals surface area (Å²) in [4.78, 5) is 22.7. The van der Waals surface area contributed by atoms with E-state index >= 15 is 0 Å². The molecule has 2 N–H and O–H groups in total. The van der Waals surface area contributed by atoms with E-state index in [0.29, 0.717) is 12.3 Å². The molecule has 104 valence electrons. The van der Waals surface area contributed by atoms with E-state index in [1.54, 1.807) is 12.1 Å². The third-order valence-corrected chi connectivity index (χ3v) is 2.97. The molecule has 0 aromatic heterocycles. The molecule has 0 bridgehead atoms. The summed E-state index contributed by atoms with van der Waals surface area (Å²) in [5, 5.41) is 4.80. The average Bonchev–Trinajstić information content (AvgIpc) is 2.38. The molecule has 19 heavy (non-hydrogen) atoms. The largest absolute Gasteiger partial charge is 0.484 e. The van der Waals surface area contributed by atoms with Crippen LogP contribution in [-0.4, -0.2) is 25.1 Å². The van der Waals surface area contributed by atoms with Crippen LogP contribution in [0.5, 0.6) is 5.75 Å². The van der Waals surface area contributed by atoms with Crippen LogP contribution in [0.4, 0.5) is 4.79 Å². The number of unbranched alkanes of at least 4 members (excludes halogenated alkanes) is 1. The quantitative estimate of drug-likeness (QED) is 0.592. The third-order valence-electron chi connectivity index (χ3n) is 2.25. The fourth-order valence-corrected chi connectivity index (χ4v) is 1.62. The summed E-state index contributed by atoms with van der Waals surface area (Å²) in [5.41, 5.74) is 0. The van der Waals surface area contributed by atoms with Gasteiger partial charge in [0.2, 0.25) is 0 Å². The van der Waals surface area contributed by atoms with E-state index in [9.17, 15) is 9.59 Å². The Bertz CT molecular complexity index is 420. The molecular weight excluding hydrogens is 359 g/mol. The van der Waals surface area contributed by atoms with Gasteiger partial charge in [-0.25, -0.2) is 4.79 Å². The molecular formula is C13H17IN2O3. The first-order valence-corrected chi connectivity index (χ1v) is 7.15. The van der Waals surface area contributed by atoms with Crippen LogP contribution in [0.15, 0.2) is 24.3 Å². The molecule has 0 radical (unpaired) electrons. The third kappa shape index (κ3) is 7.00. The number of amides is 3. The lowest BCUT2D eigenvalue weighted by Crippen LogP contribution is -2.41. The molecule has 0 aliphatic rings. The topological polar surface area (TPSA) is 67.4 Å². The Balaban J connectivity index is 2.24. The molecule has 0 fully saturated rings. The number of urea groups is 1. The van der Waals surface area contributed by atoms with Crippen molar-refractivity contribution in [3.63, 3.8) is 0 Å². The van der Waals surface area contributed by atoms with Gasteiger partial charge in [-0.05, 0) is 53.3 Å². The van der Waals surface area contributed by atoms with Gasteiger partial charge >= 0.3 is 6.03 Å². The van der Waals surface area contributed by atoms with Crippen molar-refractivity contribution in [2.45, 2.75) is 19.8 Å². The second kappa shape index (κ2) is 8.73. The Hall–Kier alpha value is -1.31. The van der Waals surface area contributed by atoms with Crippen LogP contribution in [0.2, 0.25) is 0 Å². The Labute approximate surface area is 126 Å². The van der Waals surface area contributed by atoms with Gasteiger partial charge in [-0.3, -0.25) is 10.1 Å². The summed E-state index contributed by atoms with van der Waals surface area (Å²) in [7, 11) is 0. The molecule has 0 atom stereocenters. The number of halogens is 1. The van der Waals surface area contributed by atoms with Gasteiger partial charge in [0.05, 0.1) is 0 Å². The molecule has 0 heterocycles. The number of hydrogen-bond acceptors (Lipinski definition) is 3. The minimum atomic E-state index is -0.482. The van der Waals surface area contributed by atoms with Gasteiger partial charge in [-0.1, -0.05) is 13.3 Å². The van der Waals surface area contributed by atoms with E-state index < -0.39 is 11.9 Å². The van der Waals surface area contributed by atoms with Crippen LogP contribution >= 0.6 is 22.6 Å². The predicted octanol–water partition coefficient (Wildman–Crippen LogP) is 2.30. The maximum atomic E-state index is 11.4. The monoisotopic (exact) mass is 376 g/mol. The smallest absolute Gasteiger partial charge is 0.321 e. The molecule has 3 amide bonds. The van der Waals surface area contributed by atoms with E-state index in [-0.39, 0.29) is 6.61 Å². The van der Waals surface area contributed by atoms with Crippen molar-refractivity contribution in [2.24, 2.45) is 0 Å². The lowest BCUT2D eigenvalue weighted by Gasteiger charge is -2.07. The van der Waals surface area contributed by atoms with E-state index in [4.69, 9.17) is 4.74 Å². The lowest BCUT2D eigenvalue weighted by molar-refractivity contribution is -0.122. The van der Waals surface area contributed by atoms with E-state index in [0.717, 1.165) is 16.4 Å². The zero-order chi connectivity index (χ0) is 14.1. The fourth-order valence-electron chi connectivity index (χ4n) is 1.27. The second-order valence-corrected chi connectivity index (χ2v) is 5.15. The second-order valence-electron chi connectivity index (χ2n) is 3.90. The number of carbonyl (C=O) groups excluding carboxylic acids is 2. The normalized spacial score (nSPS) is 9.79.